The predicted molar refractivity (Wildman–Crippen MR) is 98.8 cm³/mol. The molecule has 1 aromatic heterocycles. The van der Waals surface area contributed by atoms with E-state index in [9.17, 15) is 9.59 Å². The molecule has 1 amide bonds. The van der Waals surface area contributed by atoms with Crippen LogP contribution >= 0.6 is 0 Å². The van der Waals surface area contributed by atoms with Crippen molar-refractivity contribution in [1.82, 2.24) is 14.9 Å². The molecule has 8 nitrogen and oxygen atoms in total. The summed E-state index contributed by atoms with van der Waals surface area (Å²) < 4.78 is 5.06. The summed E-state index contributed by atoms with van der Waals surface area (Å²) in [6.07, 6.45) is 0.984. The van der Waals surface area contributed by atoms with Crippen LogP contribution < -0.4 is 10.2 Å². The minimum absolute atomic E-state index is 0.0939. The number of amides is 1. The fourth-order valence-electron chi connectivity index (χ4n) is 3.58. The zero-order valence-corrected chi connectivity index (χ0v) is 16.0. The summed E-state index contributed by atoms with van der Waals surface area (Å²) in [6.45, 7) is 8.77. The standard InChI is InChI=1S/C18H27N5O3/c1-5-26-17(25)23-8-6-22(7-9-23)16-20-12-10-18(2,3)11-13(24)14(12)15(19-4)21-16/h5-11H2,1-4H3,(H,19,20,21). The first-order valence-electron chi connectivity index (χ1n) is 9.13. The zero-order valence-electron chi connectivity index (χ0n) is 16.0. The van der Waals surface area contributed by atoms with Crippen molar-refractivity contribution in [1.29, 1.82) is 0 Å². The average Bonchev–Trinajstić information content (AvgIpc) is 2.59. The molecular weight excluding hydrogens is 334 g/mol. The normalized spacial score (nSPS) is 19.2. The van der Waals surface area contributed by atoms with Crippen molar-refractivity contribution in [3.8, 4) is 0 Å². The first-order valence-corrected chi connectivity index (χ1v) is 9.13. The molecule has 0 atom stereocenters. The second-order valence-electron chi connectivity index (χ2n) is 7.56. The van der Waals surface area contributed by atoms with Gasteiger partial charge in [-0.3, -0.25) is 4.79 Å². The lowest BCUT2D eigenvalue weighted by Gasteiger charge is -2.35. The monoisotopic (exact) mass is 361 g/mol. The number of hydrogen-bond donors (Lipinski definition) is 1. The first kappa shape index (κ1) is 18.4. The van der Waals surface area contributed by atoms with Crippen molar-refractivity contribution in [2.45, 2.75) is 33.6 Å². The van der Waals surface area contributed by atoms with Crippen molar-refractivity contribution in [3.05, 3.63) is 11.3 Å². The largest absolute Gasteiger partial charge is 0.450 e. The molecule has 2 aliphatic rings. The van der Waals surface area contributed by atoms with Crippen molar-refractivity contribution < 1.29 is 14.3 Å². The third-order valence-electron chi connectivity index (χ3n) is 4.86. The highest BCUT2D eigenvalue weighted by atomic mass is 16.6. The molecule has 0 bridgehead atoms. The molecule has 0 saturated carbocycles. The number of aromatic nitrogens is 2. The minimum atomic E-state index is -0.276. The van der Waals surface area contributed by atoms with E-state index in [1.807, 2.05) is 0 Å². The van der Waals surface area contributed by atoms with Crippen LogP contribution in [0, 0.1) is 5.41 Å². The summed E-state index contributed by atoms with van der Waals surface area (Å²) in [5.74, 6) is 1.31. The quantitative estimate of drug-likeness (QED) is 0.880. The second-order valence-corrected chi connectivity index (χ2v) is 7.56. The van der Waals surface area contributed by atoms with E-state index in [0.717, 1.165) is 12.1 Å². The molecular formula is C18H27N5O3. The fraction of sp³-hybridized carbons (Fsp3) is 0.667. The molecule has 0 aromatic carbocycles. The highest BCUT2D eigenvalue weighted by Gasteiger charge is 2.35. The van der Waals surface area contributed by atoms with E-state index < -0.39 is 0 Å². The maximum atomic E-state index is 12.6. The number of anilines is 2. The Balaban J connectivity index is 1.82. The van der Waals surface area contributed by atoms with Crippen LogP contribution in [0.3, 0.4) is 0 Å². The van der Waals surface area contributed by atoms with Gasteiger partial charge in [0.1, 0.15) is 5.82 Å². The number of Topliss-reactive ketones (excluding diaryl/α,β-unsaturated/α-hetero) is 1. The van der Waals surface area contributed by atoms with E-state index in [1.54, 1.807) is 18.9 Å². The number of carbonyl (C=O) groups excluding carboxylic acids is 2. The number of ether oxygens (including phenoxy) is 1. The van der Waals surface area contributed by atoms with Crippen LogP contribution in [-0.2, 0) is 11.2 Å². The summed E-state index contributed by atoms with van der Waals surface area (Å²) >= 11 is 0. The van der Waals surface area contributed by atoms with Gasteiger partial charge in [0.25, 0.3) is 0 Å². The average molecular weight is 361 g/mol. The van der Waals surface area contributed by atoms with Crippen LogP contribution in [0.4, 0.5) is 16.6 Å². The van der Waals surface area contributed by atoms with E-state index in [2.05, 4.69) is 29.0 Å². The van der Waals surface area contributed by atoms with Gasteiger partial charge in [0.15, 0.2) is 5.78 Å². The van der Waals surface area contributed by atoms with E-state index >= 15 is 0 Å². The molecule has 8 heteroatoms. The number of fused-ring (bicyclic) bond motifs is 1. The Kier molecular flexibility index (Phi) is 5.02. The smallest absolute Gasteiger partial charge is 0.409 e. The number of hydrogen-bond acceptors (Lipinski definition) is 7. The Labute approximate surface area is 153 Å². The number of piperazine rings is 1. The lowest BCUT2D eigenvalue weighted by atomic mass is 9.76. The maximum absolute atomic E-state index is 12.6. The van der Waals surface area contributed by atoms with Crippen LogP contribution in [-0.4, -0.2) is 66.6 Å². The number of carbonyl (C=O) groups is 2. The number of ketones is 1. The Morgan fingerprint density at radius 1 is 1.19 bits per heavy atom. The highest BCUT2D eigenvalue weighted by Crippen LogP contribution is 2.37. The third-order valence-corrected chi connectivity index (χ3v) is 4.86. The van der Waals surface area contributed by atoms with Crippen molar-refractivity contribution in [3.63, 3.8) is 0 Å². The van der Waals surface area contributed by atoms with Crippen molar-refractivity contribution >= 4 is 23.6 Å². The molecule has 1 aromatic rings. The maximum Gasteiger partial charge on any atom is 0.409 e. The van der Waals surface area contributed by atoms with E-state index in [1.165, 1.54) is 0 Å². The van der Waals surface area contributed by atoms with Gasteiger partial charge in [0, 0.05) is 39.6 Å². The number of nitrogens with one attached hydrogen (secondary N) is 1. The molecule has 1 N–H and O–H groups in total. The summed E-state index contributed by atoms with van der Waals surface area (Å²) in [7, 11) is 1.78. The van der Waals surface area contributed by atoms with Gasteiger partial charge in [-0.2, -0.15) is 4.98 Å². The predicted octanol–water partition coefficient (Wildman–Crippen LogP) is 1.95. The summed E-state index contributed by atoms with van der Waals surface area (Å²) in [5.41, 5.74) is 1.35. The van der Waals surface area contributed by atoms with Gasteiger partial charge in [0.05, 0.1) is 17.9 Å². The topological polar surface area (TPSA) is 87.7 Å². The molecule has 1 aliphatic heterocycles. The molecule has 0 spiro atoms. The van der Waals surface area contributed by atoms with Crippen LogP contribution in [0.25, 0.3) is 0 Å². The van der Waals surface area contributed by atoms with Crippen LogP contribution in [0.1, 0.15) is 43.2 Å². The van der Waals surface area contributed by atoms with E-state index in [0.29, 0.717) is 56.5 Å². The van der Waals surface area contributed by atoms with E-state index in [-0.39, 0.29) is 17.3 Å². The van der Waals surface area contributed by atoms with Crippen molar-refractivity contribution in [2.75, 3.05) is 50.1 Å². The second kappa shape index (κ2) is 7.09. The van der Waals surface area contributed by atoms with Gasteiger partial charge < -0.3 is 19.9 Å². The SMILES string of the molecule is CCOC(=O)N1CCN(c2nc3c(c(NC)n2)C(=O)CC(C)(C)C3)CC1. The molecule has 1 fully saturated rings. The van der Waals surface area contributed by atoms with E-state index in [4.69, 9.17) is 9.72 Å². The highest BCUT2D eigenvalue weighted by molar-refractivity contribution is 6.03. The van der Waals surface area contributed by atoms with Gasteiger partial charge in [-0.1, -0.05) is 13.8 Å². The Bertz CT molecular complexity index is 711. The number of rotatable bonds is 3. The van der Waals surface area contributed by atoms with Gasteiger partial charge in [-0.05, 0) is 18.8 Å². The van der Waals surface area contributed by atoms with Crippen LogP contribution in [0.15, 0.2) is 0 Å². The lowest BCUT2D eigenvalue weighted by molar-refractivity contribution is 0.0909. The first-order chi connectivity index (χ1) is 12.3. The molecule has 142 valence electrons. The molecule has 26 heavy (non-hydrogen) atoms. The van der Waals surface area contributed by atoms with Crippen LogP contribution in [0.5, 0.6) is 0 Å². The molecule has 1 aliphatic carbocycles. The molecule has 0 unspecified atom stereocenters. The van der Waals surface area contributed by atoms with Gasteiger partial charge in [0.2, 0.25) is 5.95 Å². The Hall–Kier alpha value is -2.38. The third kappa shape index (κ3) is 3.59. The molecule has 1 saturated heterocycles. The van der Waals surface area contributed by atoms with Gasteiger partial charge >= 0.3 is 6.09 Å². The minimum Gasteiger partial charge on any atom is -0.450 e. The summed E-state index contributed by atoms with van der Waals surface area (Å²) in [6, 6.07) is 0. The molecule has 2 heterocycles. The Morgan fingerprint density at radius 2 is 1.88 bits per heavy atom. The van der Waals surface area contributed by atoms with Crippen molar-refractivity contribution in [2.24, 2.45) is 5.41 Å². The Morgan fingerprint density at radius 3 is 2.50 bits per heavy atom. The lowest BCUT2D eigenvalue weighted by Crippen LogP contribution is -2.49. The van der Waals surface area contributed by atoms with Gasteiger partial charge in [-0.25, -0.2) is 9.78 Å². The van der Waals surface area contributed by atoms with Gasteiger partial charge in [-0.15, -0.1) is 0 Å². The summed E-state index contributed by atoms with van der Waals surface area (Å²) in [5, 5.41) is 3.05. The fourth-order valence-corrected chi connectivity index (χ4v) is 3.58. The zero-order chi connectivity index (χ0) is 18.9. The molecule has 0 radical (unpaired) electrons. The summed E-state index contributed by atoms with van der Waals surface area (Å²) in [4.78, 5) is 37.5. The number of nitrogens with zero attached hydrogens (tertiary/aromatic N) is 4. The van der Waals surface area contributed by atoms with Crippen LogP contribution in [0.2, 0.25) is 0 Å². The molecule has 3 rings (SSSR count).